The third kappa shape index (κ3) is 4.77. The van der Waals surface area contributed by atoms with Gasteiger partial charge < -0.3 is 9.84 Å². The largest absolute Gasteiger partial charge is 0.394 e. The van der Waals surface area contributed by atoms with Crippen molar-refractivity contribution < 1.29 is 9.84 Å². The Morgan fingerprint density at radius 3 is 2.32 bits per heavy atom. The zero-order valence-electron chi connectivity index (χ0n) is 10.8. The minimum Gasteiger partial charge on any atom is -0.394 e. The fraction of sp³-hybridized carbons (Fsp3) is 0.333. The molecule has 0 aromatic carbocycles. The maximum absolute atomic E-state index is 9.33. The molecule has 0 bridgehead atoms. The second-order valence-corrected chi connectivity index (χ2v) is 4.35. The lowest BCUT2D eigenvalue weighted by Crippen LogP contribution is -2.22. The highest BCUT2D eigenvalue weighted by Gasteiger charge is 2.09. The average Bonchev–Trinajstić information content (AvgIpc) is 2.48. The number of hydrogen-bond acceptors (Lipinski definition) is 4. The molecular weight excluding hydrogens is 240 g/mol. The zero-order valence-corrected chi connectivity index (χ0v) is 10.8. The van der Waals surface area contributed by atoms with E-state index in [1.165, 1.54) is 0 Å². The monoisotopic (exact) mass is 258 g/mol. The molecule has 2 rings (SSSR count). The van der Waals surface area contributed by atoms with Gasteiger partial charge in [0.15, 0.2) is 0 Å². The zero-order chi connectivity index (χ0) is 13.3. The van der Waals surface area contributed by atoms with Gasteiger partial charge in [0.2, 0.25) is 0 Å². The van der Waals surface area contributed by atoms with Gasteiger partial charge in [-0.05, 0) is 29.7 Å². The second-order valence-electron chi connectivity index (χ2n) is 4.35. The van der Waals surface area contributed by atoms with Crippen molar-refractivity contribution in [3.05, 3.63) is 60.2 Å². The highest BCUT2D eigenvalue weighted by molar-refractivity contribution is 5.10. The lowest BCUT2D eigenvalue weighted by Gasteiger charge is -2.15. The van der Waals surface area contributed by atoms with Crippen molar-refractivity contribution in [3.63, 3.8) is 0 Å². The first kappa shape index (κ1) is 13.6. The molecule has 1 N–H and O–H groups in total. The van der Waals surface area contributed by atoms with Crippen LogP contribution in [0.15, 0.2) is 49.1 Å². The van der Waals surface area contributed by atoms with Crippen LogP contribution in [-0.2, 0) is 17.6 Å². The Kier molecular flexibility index (Phi) is 5.47. The van der Waals surface area contributed by atoms with E-state index in [1.54, 1.807) is 18.6 Å². The quantitative estimate of drug-likeness (QED) is 0.820. The number of nitrogens with zero attached hydrogens (tertiary/aromatic N) is 2. The first-order valence-corrected chi connectivity index (χ1v) is 6.39. The molecule has 0 saturated heterocycles. The van der Waals surface area contributed by atoms with E-state index < -0.39 is 0 Å². The van der Waals surface area contributed by atoms with Gasteiger partial charge in [-0.15, -0.1) is 0 Å². The van der Waals surface area contributed by atoms with E-state index >= 15 is 0 Å². The molecule has 4 nitrogen and oxygen atoms in total. The van der Waals surface area contributed by atoms with E-state index in [4.69, 9.17) is 4.74 Å². The number of aliphatic hydroxyl groups is 1. The first-order chi connectivity index (χ1) is 9.38. The third-order valence-electron chi connectivity index (χ3n) is 2.86. The van der Waals surface area contributed by atoms with E-state index in [-0.39, 0.29) is 12.7 Å². The SMILES string of the molecule is OCC(Cc1cccnc1)OCCc1cccnc1. The van der Waals surface area contributed by atoms with Crippen molar-refractivity contribution in [1.29, 1.82) is 0 Å². The predicted molar refractivity (Wildman–Crippen MR) is 72.7 cm³/mol. The summed E-state index contributed by atoms with van der Waals surface area (Å²) in [6, 6.07) is 7.81. The fourth-order valence-corrected chi connectivity index (χ4v) is 1.85. The number of aliphatic hydroxyl groups excluding tert-OH is 1. The minimum absolute atomic E-state index is 0.0158. The van der Waals surface area contributed by atoms with Gasteiger partial charge in [0.05, 0.1) is 19.3 Å². The smallest absolute Gasteiger partial charge is 0.0846 e. The molecule has 0 fully saturated rings. The number of hydrogen-bond donors (Lipinski definition) is 1. The molecule has 0 spiro atoms. The summed E-state index contributed by atoms with van der Waals surface area (Å²) in [6.07, 6.45) is 8.42. The summed E-state index contributed by atoms with van der Waals surface area (Å²) < 4.78 is 5.69. The van der Waals surface area contributed by atoms with E-state index in [2.05, 4.69) is 9.97 Å². The molecule has 19 heavy (non-hydrogen) atoms. The van der Waals surface area contributed by atoms with Crippen molar-refractivity contribution in [3.8, 4) is 0 Å². The van der Waals surface area contributed by atoms with Crippen molar-refractivity contribution in [2.45, 2.75) is 18.9 Å². The van der Waals surface area contributed by atoms with Crippen LogP contribution in [0.2, 0.25) is 0 Å². The predicted octanol–water partition coefficient (Wildman–Crippen LogP) is 1.64. The van der Waals surface area contributed by atoms with Gasteiger partial charge in [-0.2, -0.15) is 0 Å². The number of ether oxygens (including phenoxy) is 1. The normalized spacial score (nSPS) is 12.3. The molecule has 2 heterocycles. The Bertz CT molecular complexity index is 462. The van der Waals surface area contributed by atoms with Crippen molar-refractivity contribution >= 4 is 0 Å². The number of aromatic nitrogens is 2. The summed E-state index contributed by atoms with van der Waals surface area (Å²) in [6.45, 7) is 0.596. The molecule has 4 heteroatoms. The number of rotatable bonds is 7. The van der Waals surface area contributed by atoms with Gasteiger partial charge in [-0.25, -0.2) is 0 Å². The van der Waals surface area contributed by atoms with Gasteiger partial charge in [0.1, 0.15) is 0 Å². The Labute approximate surface area is 113 Å². The molecule has 2 aromatic rings. The van der Waals surface area contributed by atoms with Crippen LogP contribution in [0.4, 0.5) is 0 Å². The van der Waals surface area contributed by atoms with Crippen LogP contribution in [-0.4, -0.2) is 34.4 Å². The highest BCUT2D eigenvalue weighted by Crippen LogP contribution is 2.06. The van der Waals surface area contributed by atoms with Crippen LogP contribution in [0.1, 0.15) is 11.1 Å². The molecule has 1 unspecified atom stereocenters. The van der Waals surface area contributed by atoms with Gasteiger partial charge >= 0.3 is 0 Å². The Hall–Kier alpha value is -1.78. The molecular formula is C15H18N2O2. The Morgan fingerprint density at radius 1 is 1.05 bits per heavy atom. The Balaban J connectivity index is 1.77. The van der Waals surface area contributed by atoms with Crippen molar-refractivity contribution in [2.24, 2.45) is 0 Å². The Morgan fingerprint density at radius 2 is 1.74 bits per heavy atom. The molecule has 0 amide bonds. The maximum Gasteiger partial charge on any atom is 0.0846 e. The summed E-state index contributed by atoms with van der Waals surface area (Å²) in [5.74, 6) is 0. The van der Waals surface area contributed by atoms with E-state index in [0.717, 1.165) is 17.5 Å². The molecule has 0 aliphatic carbocycles. The summed E-state index contributed by atoms with van der Waals surface area (Å²) >= 11 is 0. The van der Waals surface area contributed by atoms with Gasteiger partial charge in [-0.1, -0.05) is 12.1 Å². The highest BCUT2D eigenvalue weighted by atomic mass is 16.5. The van der Waals surface area contributed by atoms with E-state index in [0.29, 0.717) is 13.0 Å². The minimum atomic E-state index is -0.180. The summed E-state index contributed by atoms with van der Waals surface area (Å²) in [7, 11) is 0. The van der Waals surface area contributed by atoms with E-state index in [1.807, 2.05) is 30.5 Å². The lowest BCUT2D eigenvalue weighted by molar-refractivity contribution is 0.0151. The van der Waals surface area contributed by atoms with Gasteiger partial charge in [0.25, 0.3) is 0 Å². The first-order valence-electron chi connectivity index (χ1n) is 6.39. The van der Waals surface area contributed by atoms with Crippen molar-refractivity contribution in [1.82, 2.24) is 9.97 Å². The summed E-state index contributed by atoms with van der Waals surface area (Å²) in [4.78, 5) is 8.11. The van der Waals surface area contributed by atoms with Crippen LogP contribution in [0.5, 0.6) is 0 Å². The van der Waals surface area contributed by atoms with Crippen LogP contribution < -0.4 is 0 Å². The van der Waals surface area contributed by atoms with Gasteiger partial charge in [-0.3, -0.25) is 9.97 Å². The molecule has 0 saturated carbocycles. The fourth-order valence-electron chi connectivity index (χ4n) is 1.85. The summed E-state index contributed by atoms with van der Waals surface area (Å²) in [5.41, 5.74) is 2.21. The second kappa shape index (κ2) is 7.61. The maximum atomic E-state index is 9.33. The van der Waals surface area contributed by atoms with E-state index in [9.17, 15) is 5.11 Å². The molecule has 2 aromatic heterocycles. The van der Waals surface area contributed by atoms with Crippen LogP contribution >= 0.6 is 0 Å². The van der Waals surface area contributed by atoms with Gasteiger partial charge in [0, 0.05) is 31.2 Å². The lowest BCUT2D eigenvalue weighted by atomic mass is 10.1. The van der Waals surface area contributed by atoms with Crippen LogP contribution in [0.3, 0.4) is 0 Å². The van der Waals surface area contributed by atoms with Crippen molar-refractivity contribution in [2.75, 3.05) is 13.2 Å². The molecule has 1 atom stereocenters. The molecule has 100 valence electrons. The van der Waals surface area contributed by atoms with Crippen LogP contribution in [0.25, 0.3) is 0 Å². The molecule has 0 aliphatic rings. The topological polar surface area (TPSA) is 55.2 Å². The average molecular weight is 258 g/mol. The molecule has 0 radical (unpaired) electrons. The standard InChI is InChI=1S/C15H18N2O2/c18-12-15(9-14-4-2-7-17-11-14)19-8-5-13-3-1-6-16-10-13/h1-4,6-7,10-11,15,18H,5,8-9,12H2. The number of pyridine rings is 2. The third-order valence-corrected chi connectivity index (χ3v) is 2.86. The molecule has 0 aliphatic heterocycles. The van der Waals surface area contributed by atoms with Crippen LogP contribution in [0, 0.1) is 0 Å². The summed E-state index contributed by atoms with van der Waals surface area (Å²) in [5, 5.41) is 9.33.